The molecular formula is C18H21FN2O2. The number of furan rings is 1. The number of nitrogens with two attached hydrogens (primary N) is 1. The van der Waals surface area contributed by atoms with Crippen LogP contribution in [0.1, 0.15) is 53.4 Å². The van der Waals surface area contributed by atoms with Crippen LogP contribution in [0.15, 0.2) is 41.0 Å². The van der Waals surface area contributed by atoms with Gasteiger partial charge in [-0.15, -0.1) is 0 Å². The molecule has 0 bridgehead atoms. The van der Waals surface area contributed by atoms with Crippen LogP contribution in [-0.4, -0.2) is 5.91 Å². The van der Waals surface area contributed by atoms with Gasteiger partial charge in [0.2, 0.25) is 0 Å². The van der Waals surface area contributed by atoms with E-state index in [1.165, 1.54) is 12.3 Å². The summed E-state index contributed by atoms with van der Waals surface area (Å²) in [6.45, 7) is 0.243. The first-order chi connectivity index (χ1) is 11.2. The molecule has 4 nitrogen and oxygen atoms in total. The molecule has 1 heterocycles. The maximum absolute atomic E-state index is 14.2. The average molecular weight is 316 g/mol. The third-order valence-electron chi connectivity index (χ3n) is 4.52. The van der Waals surface area contributed by atoms with E-state index >= 15 is 0 Å². The van der Waals surface area contributed by atoms with Crippen LogP contribution < -0.4 is 11.1 Å². The second-order valence-electron chi connectivity index (χ2n) is 6.02. The predicted octanol–water partition coefficient (Wildman–Crippen LogP) is 3.54. The van der Waals surface area contributed by atoms with Crippen LogP contribution in [0.25, 0.3) is 0 Å². The lowest BCUT2D eigenvalue weighted by atomic mass is 9.91. The molecule has 1 fully saturated rings. The van der Waals surface area contributed by atoms with Gasteiger partial charge < -0.3 is 15.5 Å². The molecule has 3 rings (SSSR count). The number of halogens is 1. The Morgan fingerprint density at radius 2 is 2.09 bits per heavy atom. The number of amides is 1. The van der Waals surface area contributed by atoms with E-state index in [0.29, 0.717) is 16.9 Å². The van der Waals surface area contributed by atoms with E-state index in [9.17, 15) is 9.18 Å². The maximum Gasteiger partial charge on any atom is 0.255 e. The third-order valence-corrected chi connectivity index (χ3v) is 4.52. The lowest BCUT2D eigenvalue weighted by Crippen LogP contribution is -2.33. The van der Waals surface area contributed by atoms with E-state index in [4.69, 9.17) is 10.2 Å². The lowest BCUT2D eigenvalue weighted by Gasteiger charge is -2.25. The Labute approximate surface area is 134 Å². The average Bonchev–Trinajstić information content (AvgIpc) is 3.24. The van der Waals surface area contributed by atoms with Crippen molar-refractivity contribution in [3.8, 4) is 0 Å². The molecule has 1 saturated carbocycles. The van der Waals surface area contributed by atoms with Crippen molar-refractivity contribution in [2.45, 2.75) is 38.3 Å². The predicted molar refractivity (Wildman–Crippen MR) is 85.2 cm³/mol. The number of hydrogen-bond acceptors (Lipinski definition) is 3. The van der Waals surface area contributed by atoms with Crippen molar-refractivity contribution in [3.63, 3.8) is 0 Å². The lowest BCUT2D eigenvalue weighted by molar-refractivity contribution is 0.0920. The minimum Gasteiger partial charge on any atom is -0.467 e. The van der Waals surface area contributed by atoms with Crippen molar-refractivity contribution in [1.29, 1.82) is 0 Å². The first-order valence-electron chi connectivity index (χ1n) is 8.02. The Morgan fingerprint density at radius 3 is 2.74 bits per heavy atom. The number of rotatable bonds is 5. The Balaban J connectivity index is 1.83. The Morgan fingerprint density at radius 1 is 1.35 bits per heavy atom. The monoisotopic (exact) mass is 316 g/mol. The van der Waals surface area contributed by atoms with Gasteiger partial charge >= 0.3 is 0 Å². The van der Waals surface area contributed by atoms with Crippen LogP contribution in [0.5, 0.6) is 0 Å². The van der Waals surface area contributed by atoms with Gasteiger partial charge in [0, 0.05) is 5.56 Å². The Hall–Kier alpha value is -2.14. The molecule has 1 aromatic carbocycles. The Bertz CT molecular complexity index is 677. The van der Waals surface area contributed by atoms with Gasteiger partial charge in [-0.05, 0) is 30.9 Å². The summed E-state index contributed by atoms with van der Waals surface area (Å²) < 4.78 is 19.4. The molecule has 0 saturated heterocycles. The standard InChI is InChI=1S/C18H21FN2O2/c19-16-8-4-3-7-15(16)17(12-5-1-2-6-12)21-18(22)13-9-14(10-20)23-11-13/h3-4,7-9,11-12,17H,1-2,5-6,10,20H2,(H,21,22). The molecule has 1 aliphatic rings. The van der Waals surface area contributed by atoms with Crippen LogP contribution in [0, 0.1) is 11.7 Å². The van der Waals surface area contributed by atoms with Gasteiger partial charge in [-0.3, -0.25) is 4.79 Å². The zero-order valence-corrected chi connectivity index (χ0v) is 12.9. The highest BCUT2D eigenvalue weighted by Gasteiger charge is 2.30. The highest BCUT2D eigenvalue weighted by Crippen LogP contribution is 2.36. The van der Waals surface area contributed by atoms with Crippen LogP contribution in [0.4, 0.5) is 4.39 Å². The van der Waals surface area contributed by atoms with Crippen molar-refractivity contribution in [2.75, 3.05) is 0 Å². The minimum absolute atomic E-state index is 0.243. The molecule has 1 atom stereocenters. The largest absolute Gasteiger partial charge is 0.467 e. The number of nitrogens with one attached hydrogen (secondary N) is 1. The van der Waals surface area contributed by atoms with Crippen molar-refractivity contribution < 1.29 is 13.6 Å². The van der Waals surface area contributed by atoms with E-state index in [-0.39, 0.29) is 30.2 Å². The van der Waals surface area contributed by atoms with Gasteiger partial charge in [-0.25, -0.2) is 4.39 Å². The van der Waals surface area contributed by atoms with Crippen LogP contribution in [-0.2, 0) is 6.54 Å². The first-order valence-corrected chi connectivity index (χ1v) is 8.02. The molecule has 1 unspecified atom stereocenters. The molecule has 0 radical (unpaired) electrons. The zero-order valence-electron chi connectivity index (χ0n) is 12.9. The smallest absolute Gasteiger partial charge is 0.255 e. The SMILES string of the molecule is NCc1cc(C(=O)NC(c2ccccc2F)C2CCCC2)co1. The van der Waals surface area contributed by atoms with Crippen molar-refractivity contribution in [1.82, 2.24) is 5.32 Å². The summed E-state index contributed by atoms with van der Waals surface area (Å²) in [6.07, 6.45) is 5.63. The quantitative estimate of drug-likeness (QED) is 0.886. The second-order valence-corrected chi connectivity index (χ2v) is 6.02. The van der Waals surface area contributed by atoms with Gasteiger partial charge in [0.1, 0.15) is 17.8 Å². The van der Waals surface area contributed by atoms with Gasteiger partial charge in [-0.1, -0.05) is 31.0 Å². The minimum atomic E-state index is -0.317. The van der Waals surface area contributed by atoms with Crippen molar-refractivity contribution in [3.05, 3.63) is 59.3 Å². The summed E-state index contributed by atoms with van der Waals surface area (Å²) in [5, 5.41) is 2.99. The summed E-state index contributed by atoms with van der Waals surface area (Å²) >= 11 is 0. The van der Waals surface area contributed by atoms with E-state index in [1.807, 2.05) is 0 Å². The topological polar surface area (TPSA) is 68.3 Å². The molecule has 1 aromatic heterocycles. The molecule has 23 heavy (non-hydrogen) atoms. The Kier molecular flexibility index (Phi) is 4.76. The molecule has 0 aliphatic heterocycles. The molecule has 1 amide bonds. The second kappa shape index (κ2) is 6.96. The van der Waals surface area contributed by atoms with Crippen molar-refractivity contribution in [2.24, 2.45) is 11.7 Å². The molecule has 122 valence electrons. The van der Waals surface area contributed by atoms with Crippen LogP contribution >= 0.6 is 0 Å². The van der Waals surface area contributed by atoms with E-state index in [1.54, 1.807) is 24.3 Å². The van der Waals surface area contributed by atoms with Crippen molar-refractivity contribution >= 4 is 5.91 Å². The van der Waals surface area contributed by atoms with Gasteiger partial charge in [0.05, 0.1) is 18.2 Å². The van der Waals surface area contributed by atoms with Gasteiger partial charge in [0.25, 0.3) is 5.91 Å². The fourth-order valence-corrected chi connectivity index (χ4v) is 3.30. The summed E-state index contributed by atoms with van der Waals surface area (Å²) in [7, 11) is 0. The number of carbonyl (C=O) groups excluding carboxylic acids is 1. The number of carbonyl (C=O) groups is 1. The first kappa shape index (κ1) is 15.7. The van der Waals surface area contributed by atoms with E-state index < -0.39 is 0 Å². The van der Waals surface area contributed by atoms with Gasteiger partial charge in [-0.2, -0.15) is 0 Å². The molecular weight excluding hydrogens is 295 g/mol. The zero-order chi connectivity index (χ0) is 16.2. The summed E-state index contributed by atoms with van der Waals surface area (Å²) in [4.78, 5) is 12.5. The fraction of sp³-hybridized carbons (Fsp3) is 0.389. The van der Waals surface area contributed by atoms with E-state index in [0.717, 1.165) is 25.7 Å². The van der Waals surface area contributed by atoms with Gasteiger partial charge in [0.15, 0.2) is 0 Å². The van der Waals surface area contributed by atoms with Crippen LogP contribution in [0.2, 0.25) is 0 Å². The summed E-state index contributed by atoms with van der Waals surface area (Å²) in [5.74, 6) is 0.281. The third kappa shape index (κ3) is 3.45. The van der Waals surface area contributed by atoms with Crippen LogP contribution in [0.3, 0.4) is 0 Å². The summed E-state index contributed by atoms with van der Waals surface area (Å²) in [5.41, 5.74) is 6.47. The highest BCUT2D eigenvalue weighted by atomic mass is 19.1. The number of benzene rings is 1. The molecule has 2 aromatic rings. The molecule has 5 heteroatoms. The fourth-order valence-electron chi connectivity index (χ4n) is 3.30. The number of hydrogen-bond donors (Lipinski definition) is 2. The summed E-state index contributed by atoms with van der Waals surface area (Å²) in [6, 6.07) is 7.96. The normalized spacial score (nSPS) is 16.4. The maximum atomic E-state index is 14.2. The molecule has 1 aliphatic carbocycles. The molecule has 0 spiro atoms. The van der Waals surface area contributed by atoms with E-state index in [2.05, 4.69) is 5.32 Å². The highest BCUT2D eigenvalue weighted by molar-refractivity contribution is 5.94. The molecule has 3 N–H and O–H groups in total.